The Morgan fingerprint density at radius 1 is 1.07 bits per heavy atom. The number of unbranched alkanes of at least 4 members (excludes halogenated alkanes) is 1. The molecule has 154 valence electrons. The maximum atomic E-state index is 13.3. The molecule has 1 atom stereocenters. The van der Waals surface area contributed by atoms with Gasteiger partial charge in [-0.3, -0.25) is 4.79 Å². The minimum atomic E-state index is -3.91. The van der Waals surface area contributed by atoms with Gasteiger partial charge in [0.25, 0.3) is 10.0 Å². The first-order valence-electron chi connectivity index (χ1n) is 9.55. The second-order valence-electron chi connectivity index (χ2n) is 6.98. The van der Waals surface area contributed by atoms with Crippen molar-refractivity contribution in [1.82, 2.24) is 4.31 Å². The van der Waals surface area contributed by atoms with Crippen LogP contribution in [0.2, 0.25) is 0 Å². The highest BCUT2D eigenvalue weighted by atomic mass is 35.5. The van der Waals surface area contributed by atoms with Crippen LogP contribution in [0, 0.1) is 6.92 Å². The first-order valence-corrected chi connectivity index (χ1v) is 12.3. The molecule has 7 heteroatoms. The number of sulfonamides is 1. The number of benzene rings is 2. The molecular formula is C22H24ClNO3S2. The number of rotatable bonds is 8. The van der Waals surface area contributed by atoms with E-state index in [1.54, 1.807) is 24.3 Å². The van der Waals surface area contributed by atoms with Crippen LogP contribution in [0.15, 0.2) is 75.4 Å². The van der Waals surface area contributed by atoms with E-state index in [9.17, 15) is 13.2 Å². The number of hydrogen-bond acceptors (Lipinski definition) is 4. The molecule has 0 aromatic heterocycles. The van der Waals surface area contributed by atoms with Crippen LogP contribution >= 0.6 is 23.4 Å². The zero-order valence-electron chi connectivity index (χ0n) is 16.3. The van der Waals surface area contributed by atoms with E-state index in [0.717, 1.165) is 32.5 Å². The van der Waals surface area contributed by atoms with Gasteiger partial charge < -0.3 is 0 Å². The molecular weight excluding hydrogens is 426 g/mol. The molecule has 0 radical (unpaired) electrons. The standard InChI is InChI=1S/C22H24ClNO3S2/c1-17-10-12-21(13-11-17)29(26,27)24-18(7-5-6-14-23)15-20(16-22(24)25)28-19-8-3-2-4-9-19/h2-4,8-13,15,18H,5-7,14,16H2,1H3. The van der Waals surface area contributed by atoms with Gasteiger partial charge in [0.15, 0.2) is 0 Å². The van der Waals surface area contributed by atoms with Crippen molar-refractivity contribution in [3.63, 3.8) is 0 Å². The molecule has 0 saturated heterocycles. The lowest BCUT2D eigenvalue weighted by Crippen LogP contribution is -2.46. The van der Waals surface area contributed by atoms with E-state index in [2.05, 4.69) is 0 Å². The molecule has 1 aliphatic rings. The minimum Gasteiger partial charge on any atom is -0.273 e. The number of aryl methyl sites for hydroxylation is 1. The van der Waals surface area contributed by atoms with Gasteiger partial charge in [0.05, 0.1) is 17.4 Å². The van der Waals surface area contributed by atoms with E-state index in [0.29, 0.717) is 12.3 Å². The van der Waals surface area contributed by atoms with E-state index in [1.165, 1.54) is 11.8 Å². The molecule has 2 aromatic rings. The van der Waals surface area contributed by atoms with Crippen LogP contribution in [0.1, 0.15) is 31.2 Å². The maximum absolute atomic E-state index is 13.3. The van der Waals surface area contributed by atoms with E-state index < -0.39 is 16.1 Å². The fourth-order valence-corrected chi connectivity index (χ4v) is 6.02. The molecule has 0 aliphatic carbocycles. The summed E-state index contributed by atoms with van der Waals surface area (Å²) >= 11 is 7.32. The summed E-state index contributed by atoms with van der Waals surface area (Å²) in [6.45, 7) is 1.90. The van der Waals surface area contributed by atoms with Crippen LogP contribution in [0.5, 0.6) is 0 Å². The summed E-state index contributed by atoms with van der Waals surface area (Å²) in [5.41, 5.74) is 0.967. The molecule has 3 rings (SSSR count). The average molecular weight is 450 g/mol. The van der Waals surface area contributed by atoms with Crippen molar-refractivity contribution >= 4 is 39.3 Å². The fourth-order valence-electron chi connectivity index (χ4n) is 3.25. The highest BCUT2D eigenvalue weighted by Gasteiger charge is 2.37. The number of alkyl halides is 1. The molecule has 29 heavy (non-hydrogen) atoms. The summed E-state index contributed by atoms with van der Waals surface area (Å²) in [5, 5.41) is 0. The number of halogens is 1. The van der Waals surface area contributed by atoms with Crippen molar-refractivity contribution in [3.8, 4) is 0 Å². The molecule has 1 amide bonds. The monoisotopic (exact) mass is 449 g/mol. The third kappa shape index (κ3) is 5.44. The zero-order valence-corrected chi connectivity index (χ0v) is 18.6. The van der Waals surface area contributed by atoms with E-state index in [4.69, 9.17) is 11.6 Å². The Bertz CT molecular complexity index is 973. The number of thioether (sulfide) groups is 1. The van der Waals surface area contributed by atoms with Gasteiger partial charge in [-0.15, -0.1) is 11.6 Å². The Hall–Kier alpha value is -1.76. The highest BCUT2D eigenvalue weighted by molar-refractivity contribution is 8.03. The van der Waals surface area contributed by atoms with Crippen molar-refractivity contribution in [2.24, 2.45) is 0 Å². The van der Waals surface area contributed by atoms with Gasteiger partial charge in [-0.25, -0.2) is 12.7 Å². The zero-order chi connectivity index (χ0) is 20.9. The molecule has 1 unspecified atom stereocenters. The van der Waals surface area contributed by atoms with E-state index in [-0.39, 0.29) is 17.2 Å². The smallest absolute Gasteiger partial charge is 0.267 e. The molecule has 2 aromatic carbocycles. The van der Waals surface area contributed by atoms with Gasteiger partial charge in [-0.1, -0.05) is 53.7 Å². The number of nitrogens with zero attached hydrogens (tertiary/aromatic N) is 1. The molecule has 0 saturated carbocycles. The van der Waals surface area contributed by atoms with Crippen LogP contribution in [-0.2, 0) is 14.8 Å². The molecule has 1 aliphatic heterocycles. The van der Waals surface area contributed by atoms with Gasteiger partial charge in [0.2, 0.25) is 5.91 Å². The summed E-state index contributed by atoms with van der Waals surface area (Å²) < 4.78 is 27.6. The van der Waals surface area contributed by atoms with Gasteiger partial charge in [-0.2, -0.15) is 0 Å². The van der Waals surface area contributed by atoms with Crippen molar-refractivity contribution in [2.45, 2.75) is 48.4 Å². The second kappa shape index (κ2) is 9.83. The number of hydrogen-bond donors (Lipinski definition) is 0. The molecule has 0 spiro atoms. The summed E-state index contributed by atoms with van der Waals surface area (Å²) in [7, 11) is -3.91. The lowest BCUT2D eigenvalue weighted by atomic mass is 10.1. The Balaban J connectivity index is 1.92. The largest absolute Gasteiger partial charge is 0.273 e. The second-order valence-corrected chi connectivity index (χ2v) is 10.4. The van der Waals surface area contributed by atoms with Crippen molar-refractivity contribution in [1.29, 1.82) is 0 Å². The summed E-state index contributed by atoms with van der Waals surface area (Å²) in [4.78, 5) is 15.0. The predicted molar refractivity (Wildman–Crippen MR) is 119 cm³/mol. The van der Waals surface area contributed by atoms with Crippen molar-refractivity contribution < 1.29 is 13.2 Å². The van der Waals surface area contributed by atoms with Gasteiger partial charge in [0.1, 0.15) is 0 Å². The summed E-state index contributed by atoms with van der Waals surface area (Å²) in [6, 6.07) is 15.9. The first kappa shape index (κ1) is 21.9. The molecule has 0 fully saturated rings. The molecule has 0 N–H and O–H groups in total. The van der Waals surface area contributed by atoms with Gasteiger partial charge in [0, 0.05) is 10.8 Å². The molecule has 0 bridgehead atoms. The van der Waals surface area contributed by atoms with Gasteiger partial charge >= 0.3 is 0 Å². The van der Waals surface area contributed by atoms with Crippen LogP contribution in [0.3, 0.4) is 0 Å². The average Bonchev–Trinajstić information content (AvgIpc) is 2.69. The Kier molecular flexibility index (Phi) is 7.44. The minimum absolute atomic E-state index is 0.0800. The van der Waals surface area contributed by atoms with E-state index in [1.807, 2.05) is 43.3 Å². The van der Waals surface area contributed by atoms with E-state index >= 15 is 0 Å². The lowest BCUT2D eigenvalue weighted by Gasteiger charge is -2.33. The lowest BCUT2D eigenvalue weighted by molar-refractivity contribution is -0.127. The fraction of sp³-hybridized carbons (Fsp3) is 0.318. The predicted octanol–water partition coefficient (Wildman–Crippen LogP) is 5.37. The van der Waals surface area contributed by atoms with Crippen molar-refractivity contribution in [2.75, 3.05) is 5.88 Å². The maximum Gasteiger partial charge on any atom is 0.267 e. The highest BCUT2D eigenvalue weighted by Crippen LogP contribution is 2.36. The summed E-state index contributed by atoms with van der Waals surface area (Å²) in [6.07, 6.45) is 4.10. The Labute approximate surface area is 182 Å². The van der Waals surface area contributed by atoms with Crippen molar-refractivity contribution in [3.05, 3.63) is 71.1 Å². The third-order valence-electron chi connectivity index (χ3n) is 4.70. The van der Waals surface area contributed by atoms with Crippen LogP contribution in [-0.4, -0.2) is 30.6 Å². The topological polar surface area (TPSA) is 54.5 Å². The number of carbonyl (C=O) groups is 1. The molecule has 1 heterocycles. The Morgan fingerprint density at radius 2 is 1.76 bits per heavy atom. The number of amides is 1. The Morgan fingerprint density at radius 3 is 2.41 bits per heavy atom. The first-order chi connectivity index (χ1) is 13.9. The van der Waals surface area contributed by atoms with Crippen LogP contribution in [0.25, 0.3) is 0 Å². The van der Waals surface area contributed by atoms with Crippen LogP contribution in [0.4, 0.5) is 0 Å². The number of carbonyl (C=O) groups excluding carboxylic acids is 1. The third-order valence-corrected chi connectivity index (χ3v) is 7.88. The van der Waals surface area contributed by atoms with Crippen LogP contribution < -0.4 is 0 Å². The molecule has 4 nitrogen and oxygen atoms in total. The van der Waals surface area contributed by atoms with Gasteiger partial charge in [-0.05, 0) is 55.4 Å². The normalized spacial score (nSPS) is 17.3. The summed E-state index contributed by atoms with van der Waals surface area (Å²) in [5.74, 6) is 0.128. The quantitative estimate of drug-likeness (QED) is 0.401. The SMILES string of the molecule is Cc1ccc(S(=O)(=O)N2C(=O)CC(Sc3ccccc3)=CC2CCCCCl)cc1.